The van der Waals surface area contributed by atoms with E-state index in [-0.39, 0.29) is 11.8 Å². The molecule has 2 atom stereocenters. The third-order valence-electron chi connectivity index (χ3n) is 5.36. The molecule has 148 valence electrons. The number of carbonyl (C=O) groups excluding carboxylic acids is 1. The Morgan fingerprint density at radius 2 is 1.85 bits per heavy atom. The van der Waals surface area contributed by atoms with Gasteiger partial charge in [0.1, 0.15) is 11.5 Å². The van der Waals surface area contributed by atoms with E-state index in [0.717, 1.165) is 18.7 Å². The number of hydrogen-bond acceptors (Lipinski definition) is 3. The lowest BCUT2D eigenvalue weighted by Crippen LogP contribution is -2.13. The molecule has 1 aromatic carbocycles. The second-order valence-corrected chi connectivity index (χ2v) is 7.60. The van der Waals surface area contributed by atoms with Crippen LogP contribution in [0.4, 0.5) is 4.39 Å². The summed E-state index contributed by atoms with van der Waals surface area (Å²) in [6.45, 7) is 9.51. The molecule has 0 N–H and O–H groups in total. The molecule has 4 nitrogen and oxygen atoms in total. The molecule has 0 radical (unpaired) electrons. The molecule has 0 saturated carbocycles. The predicted molar refractivity (Wildman–Crippen MR) is 107 cm³/mol. The van der Waals surface area contributed by atoms with Gasteiger partial charge in [-0.1, -0.05) is 58.0 Å². The lowest BCUT2D eigenvalue weighted by Gasteiger charge is -2.13. The van der Waals surface area contributed by atoms with Gasteiger partial charge in [0.25, 0.3) is 0 Å². The number of rotatable bonds is 6. The molecule has 27 heavy (non-hydrogen) atoms. The molecule has 1 aliphatic rings. The Morgan fingerprint density at radius 3 is 2.37 bits per heavy atom. The second kappa shape index (κ2) is 9.25. The van der Waals surface area contributed by atoms with Gasteiger partial charge in [0.2, 0.25) is 11.6 Å². The first-order valence-corrected chi connectivity index (χ1v) is 10.1. The molecule has 1 aliphatic heterocycles. The van der Waals surface area contributed by atoms with Crippen LogP contribution in [0, 0.1) is 0 Å². The van der Waals surface area contributed by atoms with E-state index in [1.54, 1.807) is 6.92 Å². The zero-order valence-corrected chi connectivity index (χ0v) is 17.2. The monoisotopic (exact) mass is 373 g/mol. The van der Waals surface area contributed by atoms with Crippen molar-refractivity contribution in [2.45, 2.75) is 84.4 Å². The van der Waals surface area contributed by atoms with Gasteiger partial charge in [-0.2, -0.15) is 0 Å². The summed E-state index contributed by atoms with van der Waals surface area (Å²) >= 11 is 0. The summed E-state index contributed by atoms with van der Waals surface area (Å²) in [5.74, 6) is 1.72. The van der Waals surface area contributed by atoms with Crippen molar-refractivity contribution in [3.63, 3.8) is 0 Å². The number of alkyl halides is 1. The van der Waals surface area contributed by atoms with Crippen molar-refractivity contribution >= 4 is 5.78 Å². The Bertz CT molecular complexity index is 733. The van der Waals surface area contributed by atoms with Crippen molar-refractivity contribution < 1.29 is 9.18 Å². The Morgan fingerprint density at radius 1 is 1.22 bits per heavy atom. The maximum atomic E-state index is 12.5. The normalized spacial score (nSPS) is 18.6. The van der Waals surface area contributed by atoms with E-state index in [9.17, 15) is 9.18 Å². The first-order chi connectivity index (χ1) is 12.8. The van der Waals surface area contributed by atoms with E-state index in [1.165, 1.54) is 5.56 Å². The molecule has 0 aliphatic carbocycles. The average molecular weight is 374 g/mol. The molecule has 0 spiro atoms. The topological polar surface area (TPSA) is 47.8 Å². The van der Waals surface area contributed by atoms with Crippen molar-refractivity contribution in [3.8, 4) is 0 Å². The van der Waals surface area contributed by atoms with Crippen LogP contribution in [0.15, 0.2) is 30.3 Å². The van der Waals surface area contributed by atoms with Crippen LogP contribution in [0.2, 0.25) is 0 Å². The summed E-state index contributed by atoms with van der Waals surface area (Å²) in [4.78, 5) is 16.4. The number of aromatic nitrogens is 3. The lowest BCUT2D eigenvalue weighted by atomic mass is 10.0. The summed E-state index contributed by atoms with van der Waals surface area (Å²) < 4.78 is 14.5. The highest BCUT2D eigenvalue weighted by atomic mass is 19.1. The van der Waals surface area contributed by atoms with Crippen molar-refractivity contribution in [2.75, 3.05) is 0 Å². The fourth-order valence-corrected chi connectivity index (χ4v) is 3.10. The minimum atomic E-state index is -0.917. The van der Waals surface area contributed by atoms with Crippen molar-refractivity contribution in [2.24, 2.45) is 0 Å². The van der Waals surface area contributed by atoms with Gasteiger partial charge in [-0.15, -0.1) is 5.10 Å². The lowest BCUT2D eigenvalue weighted by molar-refractivity contribution is 0.0971. The average Bonchev–Trinajstić information content (AvgIpc) is 3.24. The maximum Gasteiger partial charge on any atom is 0.217 e. The molecule has 0 fully saturated rings. The van der Waals surface area contributed by atoms with E-state index < -0.39 is 5.67 Å². The Hall–Kier alpha value is -2.04. The fourth-order valence-electron chi connectivity index (χ4n) is 3.10. The number of fused-ring (bicyclic) bond motifs is 1. The highest BCUT2D eigenvalue weighted by Crippen LogP contribution is 2.38. The minimum absolute atomic E-state index is 0.0495. The van der Waals surface area contributed by atoms with Crippen LogP contribution in [0.1, 0.15) is 101 Å². The molecular weight excluding hydrogens is 341 g/mol. The Balaban J connectivity index is 0.000000321. The van der Waals surface area contributed by atoms with Gasteiger partial charge in [0.15, 0.2) is 0 Å². The molecular formula is C22H32FN3O. The second-order valence-electron chi connectivity index (χ2n) is 7.60. The molecule has 0 saturated heterocycles. The molecule has 2 unspecified atom stereocenters. The number of carbonyl (C=O) groups is 1. The van der Waals surface area contributed by atoms with E-state index in [0.29, 0.717) is 31.0 Å². The van der Waals surface area contributed by atoms with Crippen LogP contribution in [-0.4, -0.2) is 26.2 Å². The Kier molecular flexibility index (Phi) is 7.28. The van der Waals surface area contributed by atoms with E-state index in [1.807, 2.05) is 43.7 Å². The van der Waals surface area contributed by atoms with Gasteiger partial charge in [-0.3, -0.25) is 4.79 Å². The SMILES string of the molecule is CCC(C)(F)CC.CCCC(=O)c1nc2n(n1)C(c1ccccc1)CC2C. The van der Waals surface area contributed by atoms with Crippen molar-refractivity contribution in [1.82, 2.24) is 14.8 Å². The van der Waals surface area contributed by atoms with E-state index in [4.69, 9.17) is 0 Å². The van der Waals surface area contributed by atoms with Crippen LogP contribution in [-0.2, 0) is 0 Å². The van der Waals surface area contributed by atoms with Crippen molar-refractivity contribution in [3.05, 3.63) is 47.5 Å². The summed E-state index contributed by atoms with van der Waals surface area (Å²) in [6.07, 6.45) is 3.61. The van der Waals surface area contributed by atoms with Crippen molar-refractivity contribution in [1.29, 1.82) is 0 Å². The standard InChI is InChI=1S/C16H19N3O.C6H13F/c1-3-7-14(20)15-17-16-11(2)10-13(19(16)18-15)12-8-5-4-6-9-12;1-4-6(3,7)5-2/h4-6,8-9,11,13H,3,7,10H2,1-2H3;4-5H2,1-3H3. The van der Waals surface area contributed by atoms with Crippen LogP contribution in [0.25, 0.3) is 0 Å². The van der Waals surface area contributed by atoms with Gasteiger partial charge in [0.05, 0.1) is 6.04 Å². The number of benzene rings is 1. The molecule has 3 rings (SSSR count). The van der Waals surface area contributed by atoms with Gasteiger partial charge in [-0.25, -0.2) is 14.1 Å². The quantitative estimate of drug-likeness (QED) is 0.593. The molecule has 1 aromatic heterocycles. The first-order valence-electron chi connectivity index (χ1n) is 10.1. The molecule has 2 heterocycles. The van der Waals surface area contributed by atoms with Gasteiger partial charge < -0.3 is 0 Å². The largest absolute Gasteiger partial charge is 0.291 e. The molecule has 0 amide bonds. The van der Waals surface area contributed by atoms with E-state index in [2.05, 4.69) is 29.1 Å². The van der Waals surface area contributed by atoms with Gasteiger partial charge in [-0.05, 0) is 38.2 Å². The van der Waals surface area contributed by atoms with Crippen LogP contribution in [0.3, 0.4) is 0 Å². The highest BCUT2D eigenvalue weighted by molar-refractivity contribution is 5.92. The zero-order valence-electron chi connectivity index (χ0n) is 17.2. The molecule has 5 heteroatoms. The number of nitrogens with zero attached hydrogens (tertiary/aromatic N) is 3. The molecule has 2 aromatic rings. The third kappa shape index (κ3) is 5.24. The number of Topliss-reactive ketones (excluding diaryl/α,β-unsaturated/α-hetero) is 1. The zero-order chi connectivity index (χ0) is 20.0. The van der Waals surface area contributed by atoms with Gasteiger partial charge >= 0.3 is 0 Å². The van der Waals surface area contributed by atoms with Crippen LogP contribution < -0.4 is 0 Å². The van der Waals surface area contributed by atoms with E-state index >= 15 is 0 Å². The number of ketones is 1. The highest BCUT2D eigenvalue weighted by Gasteiger charge is 2.33. The predicted octanol–water partition coefficient (Wildman–Crippen LogP) is 5.89. The number of hydrogen-bond donors (Lipinski definition) is 0. The number of halogens is 1. The summed E-state index contributed by atoms with van der Waals surface area (Å²) in [5, 5.41) is 4.47. The maximum absolute atomic E-state index is 12.5. The summed E-state index contributed by atoms with van der Waals surface area (Å²) in [7, 11) is 0. The van der Waals surface area contributed by atoms with Crippen LogP contribution >= 0.6 is 0 Å². The fraction of sp³-hybridized carbons (Fsp3) is 0.591. The summed E-state index contributed by atoms with van der Waals surface area (Å²) in [6, 6.07) is 10.5. The molecule has 0 bridgehead atoms. The van der Waals surface area contributed by atoms with Gasteiger partial charge in [0, 0.05) is 12.3 Å². The minimum Gasteiger partial charge on any atom is -0.291 e. The first kappa shape index (κ1) is 21.3. The smallest absolute Gasteiger partial charge is 0.217 e. The summed E-state index contributed by atoms with van der Waals surface area (Å²) in [5.41, 5.74) is 0.317. The Labute approximate surface area is 162 Å². The third-order valence-corrected chi connectivity index (χ3v) is 5.36. The van der Waals surface area contributed by atoms with Crippen LogP contribution in [0.5, 0.6) is 0 Å².